The van der Waals surface area contributed by atoms with Crippen LogP contribution in [0.5, 0.6) is 0 Å². The second-order valence-corrected chi connectivity index (χ2v) is 4.67. The van der Waals surface area contributed by atoms with Gasteiger partial charge in [0.2, 0.25) is 0 Å². The van der Waals surface area contributed by atoms with Gasteiger partial charge >= 0.3 is 0 Å². The maximum absolute atomic E-state index is 13.2. The highest BCUT2D eigenvalue weighted by atomic mass is 19.1. The molecule has 1 aliphatic rings. The minimum atomic E-state index is -1.27. The number of hydrogen-bond acceptors (Lipinski definition) is 4. The van der Waals surface area contributed by atoms with Gasteiger partial charge < -0.3 is 0 Å². The molecule has 0 aliphatic heterocycles. The molecule has 2 aromatic rings. The van der Waals surface area contributed by atoms with Crippen molar-refractivity contribution in [2.75, 3.05) is 0 Å². The van der Waals surface area contributed by atoms with Crippen molar-refractivity contribution in [1.29, 1.82) is 0 Å². The highest BCUT2D eigenvalue weighted by molar-refractivity contribution is 6.30. The molecule has 1 aliphatic carbocycles. The summed E-state index contributed by atoms with van der Waals surface area (Å²) in [4.78, 5) is 34.9. The van der Waals surface area contributed by atoms with Crippen LogP contribution in [0.1, 0.15) is 32.2 Å². The van der Waals surface area contributed by atoms with E-state index in [4.69, 9.17) is 0 Å². The van der Waals surface area contributed by atoms with Gasteiger partial charge in [0.1, 0.15) is 11.7 Å². The summed E-state index contributed by atoms with van der Waals surface area (Å²) in [5.41, 5.74) is -0.153. The van der Waals surface area contributed by atoms with Crippen molar-refractivity contribution >= 4 is 17.3 Å². The molecule has 5 nitrogen and oxygen atoms in total. The van der Waals surface area contributed by atoms with E-state index in [1.165, 1.54) is 12.1 Å². The Hall–Kier alpha value is -2.89. The number of hydrogen-bond donors (Lipinski definition) is 0. The van der Waals surface area contributed by atoms with Gasteiger partial charge in [-0.25, -0.2) is 4.39 Å². The number of carbonyl (C=O) groups excluding carboxylic acids is 2. The van der Waals surface area contributed by atoms with Crippen LogP contribution in [0.25, 0.3) is 0 Å². The molecule has 0 fully saturated rings. The predicted octanol–water partition coefficient (Wildman–Crippen LogP) is 2.90. The molecule has 0 N–H and O–H groups in total. The third-order valence-corrected chi connectivity index (χ3v) is 3.48. The number of fused-ring (bicyclic) bond motifs is 1. The average Bonchev–Trinajstić information content (AvgIpc) is 2.72. The van der Waals surface area contributed by atoms with Gasteiger partial charge in [0.15, 0.2) is 11.6 Å². The Bertz CT molecular complexity index is 765. The molecule has 2 aromatic carbocycles. The van der Waals surface area contributed by atoms with Gasteiger partial charge in [-0.05, 0) is 12.1 Å². The third kappa shape index (κ3) is 1.92. The largest absolute Gasteiger partial charge is 0.293 e. The highest BCUT2D eigenvalue weighted by Gasteiger charge is 2.42. The molecule has 6 heteroatoms. The van der Waals surface area contributed by atoms with Crippen molar-refractivity contribution in [3.05, 3.63) is 75.1 Å². The Morgan fingerprint density at radius 3 is 2.10 bits per heavy atom. The zero-order chi connectivity index (χ0) is 15.1. The number of rotatable bonds is 2. The van der Waals surface area contributed by atoms with Crippen LogP contribution in [0.3, 0.4) is 0 Å². The van der Waals surface area contributed by atoms with Crippen molar-refractivity contribution in [1.82, 2.24) is 0 Å². The lowest BCUT2D eigenvalue weighted by atomic mass is 9.93. The molecular formula is C15H8FNO4. The van der Waals surface area contributed by atoms with Crippen LogP contribution in [-0.2, 0) is 0 Å². The summed E-state index contributed by atoms with van der Waals surface area (Å²) in [6, 6.07) is 9.09. The van der Waals surface area contributed by atoms with Gasteiger partial charge in [0, 0.05) is 16.7 Å². The Morgan fingerprint density at radius 2 is 1.57 bits per heavy atom. The molecule has 0 bridgehead atoms. The molecule has 0 aromatic heterocycles. The van der Waals surface area contributed by atoms with E-state index in [9.17, 15) is 24.1 Å². The average molecular weight is 285 g/mol. The second kappa shape index (κ2) is 4.59. The number of nitro groups is 1. The molecule has 0 amide bonds. The first-order valence-electron chi connectivity index (χ1n) is 6.12. The number of Topliss-reactive ketones (excluding diaryl/α,β-unsaturated/α-hetero) is 2. The topological polar surface area (TPSA) is 77.3 Å². The van der Waals surface area contributed by atoms with Gasteiger partial charge in [0.25, 0.3) is 5.69 Å². The maximum atomic E-state index is 13.2. The smallest absolute Gasteiger partial charge is 0.276 e. The second-order valence-electron chi connectivity index (χ2n) is 4.67. The monoisotopic (exact) mass is 285 g/mol. The minimum Gasteiger partial charge on any atom is -0.293 e. The van der Waals surface area contributed by atoms with Gasteiger partial charge in [0.05, 0.1) is 11.0 Å². The van der Waals surface area contributed by atoms with Crippen molar-refractivity contribution in [3.8, 4) is 0 Å². The fraction of sp³-hybridized carbons (Fsp3) is 0.0667. The standard InChI is InChI=1S/C15H8FNO4/c16-8-5-6-11(12(7-8)17(20)21)13-14(18)9-3-1-2-4-10(9)15(13)19/h1-7,13H. The summed E-state index contributed by atoms with van der Waals surface area (Å²) in [7, 11) is 0. The molecule has 0 atom stereocenters. The van der Waals surface area contributed by atoms with Crippen LogP contribution in [0.4, 0.5) is 10.1 Å². The van der Waals surface area contributed by atoms with Gasteiger partial charge in [-0.3, -0.25) is 19.7 Å². The van der Waals surface area contributed by atoms with Gasteiger partial charge in [-0.1, -0.05) is 24.3 Å². The van der Waals surface area contributed by atoms with Crippen LogP contribution in [0.2, 0.25) is 0 Å². The van der Waals surface area contributed by atoms with Crippen molar-refractivity contribution in [2.45, 2.75) is 5.92 Å². The van der Waals surface area contributed by atoms with E-state index in [1.54, 1.807) is 12.1 Å². The van der Waals surface area contributed by atoms with Crippen LogP contribution in [-0.4, -0.2) is 16.5 Å². The molecule has 0 spiro atoms. The lowest BCUT2D eigenvalue weighted by Crippen LogP contribution is -2.14. The number of benzene rings is 2. The van der Waals surface area contributed by atoms with E-state index in [-0.39, 0.29) is 16.7 Å². The first-order chi connectivity index (χ1) is 10.0. The van der Waals surface area contributed by atoms with E-state index in [1.807, 2.05) is 0 Å². The number of nitro benzene ring substituents is 1. The van der Waals surface area contributed by atoms with Gasteiger partial charge in [-0.15, -0.1) is 0 Å². The van der Waals surface area contributed by atoms with Crippen LogP contribution >= 0.6 is 0 Å². The minimum absolute atomic E-state index is 0.0763. The number of nitrogens with zero attached hydrogens (tertiary/aromatic N) is 1. The SMILES string of the molecule is O=C1c2ccccc2C(=O)C1c1ccc(F)cc1[N+](=O)[O-]. The zero-order valence-corrected chi connectivity index (χ0v) is 10.6. The number of carbonyl (C=O) groups is 2. The van der Waals surface area contributed by atoms with E-state index in [2.05, 4.69) is 0 Å². The summed E-state index contributed by atoms with van der Waals surface area (Å²) < 4.78 is 13.2. The van der Waals surface area contributed by atoms with E-state index in [0.717, 1.165) is 18.2 Å². The molecule has 0 saturated carbocycles. The lowest BCUT2D eigenvalue weighted by molar-refractivity contribution is -0.385. The van der Waals surface area contributed by atoms with E-state index >= 15 is 0 Å². The van der Waals surface area contributed by atoms with Crippen LogP contribution < -0.4 is 0 Å². The molecule has 0 heterocycles. The zero-order valence-electron chi connectivity index (χ0n) is 10.6. The molecule has 21 heavy (non-hydrogen) atoms. The fourth-order valence-electron chi connectivity index (χ4n) is 2.54. The predicted molar refractivity (Wildman–Crippen MR) is 70.9 cm³/mol. The Morgan fingerprint density at radius 1 is 1.00 bits per heavy atom. The number of ketones is 2. The molecular weight excluding hydrogens is 277 g/mol. The Labute approximate surface area is 118 Å². The van der Waals surface area contributed by atoms with Crippen molar-refractivity contribution < 1.29 is 18.9 Å². The summed E-state index contributed by atoms with van der Waals surface area (Å²) in [6.07, 6.45) is 0. The Balaban J connectivity index is 2.18. The molecule has 0 saturated heterocycles. The molecule has 3 rings (SSSR count). The third-order valence-electron chi connectivity index (χ3n) is 3.48. The first-order valence-corrected chi connectivity index (χ1v) is 6.12. The highest BCUT2D eigenvalue weighted by Crippen LogP contribution is 2.37. The number of halogens is 1. The van der Waals surface area contributed by atoms with Gasteiger partial charge in [-0.2, -0.15) is 0 Å². The quantitative estimate of drug-likeness (QED) is 0.483. The van der Waals surface area contributed by atoms with Crippen molar-refractivity contribution in [3.63, 3.8) is 0 Å². The van der Waals surface area contributed by atoms with E-state index in [0.29, 0.717) is 0 Å². The molecule has 104 valence electrons. The van der Waals surface area contributed by atoms with Crippen LogP contribution in [0, 0.1) is 15.9 Å². The molecule has 0 radical (unpaired) electrons. The van der Waals surface area contributed by atoms with Crippen molar-refractivity contribution in [2.24, 2.45) is 0 Å². The summed E-state index contributed by atoms with van der Waals surface area (Å²) in [5.74, 6) is -3.06. The summed E-state index contributed by atoms with van der Waals surface area (Å²) in [6.45, 7) is 0. The normalized spacial score (nSPS) is 14.3. The fourth-order valence-corrected chi connectivity index (χ4v) is 2.54. The lowest BCUT2D eigenvalue weighted by Gasteiger charge is -2.08. The van der Waals surface area contributed by atoms with Crippen LogP contribution in [0.15, 0.2) is 42.5 Å². The molecule has 0 unspecified atom stereocenters. The first kappa shape index (κ1) is 13.1. The Kier molecular flexibility index (Phi) is 2.86. The summed E-state index contributed by atoms with van der Waals surface area (Å²) >= 11 is 0. The van der Waals surface area contributed by atoms with E-state index < -0.39 is 33.9 Å². The summed E-state index contributed by atoms with van der Waals surface area (Å²) in [5, 5.41) is 11.0. The maximum Gasteiger partial charge on any atom is 0.276 e.